The molecule has 0 spiro atoms. The Morgan fingerprint density at radius 3 is 2.62 bits per heavy atom. The fourth-order valence-corrected chi connectivity index (χ4v) is 1.20. The molecule has 0 aliphatic heterocycles. The molecule has 4 heteroatoms. The van der Waals surface area contributed by atoms with Gasteiger partial charge in [-0.15, -0.1) is 0 Å². The molecule has 1 aromatic rings. The second-order valence-electron chi connectivity index (χ2n) is 3.42. The Hall–Kier alpha value is -1.32. The summed E-state index contributed by atoms with van der Waals surface area (Å²) in [6.07, 6.45) is 1.64. The molecule has 13 heavy (non-hydrogen) atoms. The maximum absolute atomic E-state index is 11.6. The van der Waals surface area contributed by atoms with Crippen molar-refractivity contribution >= 4 is 5.91 Å². The Balaban J connectivity index is 2.88. The van der Waals surface area contributed by atoms with E-state index in [0.29, 0.717) is 5.69 Å². The van der Waals surface area contributed by atoms with E-state index in [1.54, 1.807) is 10.9 Å². The van der Waals surface area contributed by atoms with E-state index in [-0.39, 0.29) is 11.9 Å². The van der Waals surface area contributed by atoms with E-state index in [4.69, 9.17) is 0 Å². The minimum Gasteiger partial charge on any atom is -0.349 e. The van der Waals surface area contributed by atoms with Crippen molar-refractivity contribution in [3.05, 3.63) is 17.7 Å². The van der Waals surface area contributed by atoms with Gasteiger partial charge in [0.2, 0.25) is 0 Å². The van der Waals surface area contributed by atoms with Crippen LogP contribution >= 0.6 is 0 Å². The van der Waals surface area contributed by atoms with E-state index in [1.807, 2.05) is 27.8 Å². The number of nitrogens with one attached hydrogen (secondary N) is 1. The number of nitrogens with zero attached hydrogens (tertiary/aromatic N) is 2. The van der Waals surface area contributed by atoms with Gasteiger partial charge in [0.25, 0.3) is 5.91 Å². The summed E-state index contributed by atoms with van der Waals surface area (Å²) < 4.78 is 1.73. The summed E-state index contributed by atoms with van der Waals surface area (Å²) in [7, 11) is 1.81. The van der Waals surface area contributed by atoms with E-state index in [0.717, 1.165) is 5.69 Å². The average Bonchev–Trinajstić information content (AvgIpc) is 2.29. The Morgan fingerprint density at radius 2 is 2.23 bits per heavy atom. The third-order valence-corrected chi connectivity index (χ3v) is 1.75. The molecule has 1 heterocycles. The standard InChI is InChI=1S/C9H15N3O/c1-6(2)11-9(13)8-7(3)10-5-12(8)4/h5-6H,1-4H3,(H,11,13). The van der Waals surface area contributed by atoms with Gasteiger partial charge in [-0.3, -0.25) is 4.79 Å². The minimum absolute atomic E-state index is 0.0625. The molecule has 0 fully saturated rings. The van der Waals surface area contributed by atoms with Gasteiger partial charge in [0, 0.05) is 13.1 Å². The lowest BCUT2D eigenvalue weighted by atomic mass is 10.3. The van der Waals surface area contributed by atoms with E-state index < -0.39 is 0 Å². The molecular weight excluding hydrogens is 166 g/mol. The van der Waals surface area contributed by atoms with E-state index in [2.05, 4.69) is 10.3 Å². The highest BCUT2D eigenvalue weighted by molar-refractivity contribution is 5.93. The maximum atomic E-state index is 11.6. The van der Waals surface area contributed by atoms with Crippen LogP contribution in [0.2, 0.25) is 0 Å². The van der Waals surface area contributed by atoms with Crippen LogP contribution in [0.5, 0.6) is 0 Å². The van der Waals surface area contributed by atoms with E-state index >= 15 is 0 Å². The van der Waals surface area contributed by atoms with Crippen LogP contribution < -0.4 is 5.32 Å². The van der Waals surface area contributed by atoms with Gasteiger partial charge in [0.15, 0.2) is 0 Å². The van der Waals surface area contributed by atoms with Gasteiger partial charge in [0.1, 0.15) is 5.69 Å². The molecule has 0 aliphatic rings. The number of carbonyl (C=O) groups is 1. The molecule has 1 N–H and O–H groups in total. The monoisotopic (exact) mass is 181 g/mol. The van der Waals surface area contributed by atoms with E-state index in [1.165, 1.54) is 0 Å². The van der Waals surface area contributed by atoms with Crippen LogP contribution in [-0.4, -0.2) is 21.5 Å². The summed E-state index contributed by atoms with van der Waals surface area (Å²) in [4.78, 5) is 15.6. The SMILES string of the molecule is Cc1ncn(C)c1C(=O)NC(C)C. The first-order valence-corrected chi connectivity index (χ1v) is 4.31. The highest BCUT2D eigenvalue weighted by atomic mass is 16.2. The fraction of sp³-hybridized carbons (Fsp3) is 0.556. The molecule has 0 bridgehead atoms. The van der Waals surface area contributed by atoms with Gasteiger partial charge in [-0.05, 0) is 20.8 Å². The topological polar surface area (TPSA) is 46.9 Å². The number of amides is 1. The maximum Gasteiger partial charge on any atom is 0.270 e. The average molecular weight is 181 g/mol. The summed E-state index contributed by atoms with van der Waals surface area (Å²) in [5.41, 5.74) is 1.40. The zero-order chi connectivity index (χ0) is 10.0. The molecule has 0 radical (unpaired) electrons. The van der Waals surface area contributed by atoms with Gasteiger partial charge in [-0.2, -0.15) is 0 Å². The zero-order valence-corrected chi connectivity index (χ0v) is 8.46. The predicted molar refractivity (Wildman–Crippen MR) is 50.5 cm³/mol. The first-order chi connectivity index (χ1) is 6.02. The summed E-state index contributed by atoms with van der Waals surface area (Å²) in [6, 6.07) is 0.154. The smallest absolute Gasteiger partial charge is 0.270 e. The van der Waals surface area contributed by atoms with Crippen molar-refractivity contribution in [2.45, 2.75) is 26.8 Å². The lowest BCUT2D eigenvalue weighted by Crippen LogP contribution is -2.31. The quantitative estimate of drug-likeness (QED) is 0.735. The lowest BCUT2D eigenvalue weighted by molar-refractivity contribution is 0.0934. The molecule has 0 saturated heterocycles. The van der Waals surface area contributed by atoms with Gasteiger partial charge in [0.05, 0.1) is 12.0 Å². The molecule has 0 saturated carbocycles. The highest BCUT2D eigenvalue weighted by Crippen LogP contribution is 2.04. The zero-order valence-electron chi connectivity index (χ0n) is 8.46. The van der Waals surface area contributed by atoms with Crippen LogP contribution in [0.15, 0.2) is 6.33 Å². The van der Waals surface area contributed by atoms with Crippen molar-refractivity contribution < 1.29 is 4.79 Å². The largest absolute Gasteiger partial charge is 0.349 e. The summed E-state index contributed by atoms with van der Waals surface area (Å²) in [5.74, 6) is -0.0625. The van der Waals surface area contributed by atoms with Crippen LogP contribution in [0.1, 0.15) is 30.0 Å². The molecule has 72 valence electrons. The molecule has 1 aromatic heterocycles. The van der Waals surface area contributed by atoms with Crippen molar-refractivity contribution in [2.75, 3.05) is 0 Å². The molecule has 1 rings (SSSR count). The molecule has 0 aromatic carbocycles. The van der Waals surface area contributed by atoms with Gasteiger partial charge in [-0.25, -0.2) is 4.98 Å². The van der Waals surface area contributed by atoms with Gasteiger partial charge in [-0.1, -0.05) is 0 Å². The Kier molecular flexibility index (Phi) is 2.70. The molecule has 0 aliphatic carbocycles. The summed E-state index contributed by atoms with van der Waals surface area (Å²) in [5, 5.41) is 2.83. The first kappa shape index (κ1) is 9.77. The van der Waals surface area contributed by atoms with Crippen LogP contribution in [-0.2, 0) is 7.05 Å². The summed E-state index contributed by atoms with van der Waals surface area (Å²) in [6.45, 7) is 5.70. The van der Waals surface area contributed by atoms with Crippen LogP contribution in [0.25, 0.3) is 0 Å². The normalized spacial score (nSPS) is 10.5. The Bertz CT molecular complexity index is 295. The van der Waals surface area contributed by atoms with Crippen molar-refractivity contribution in [1.82, 2.24) is 14.9 Å². The van der Waals surface area contributed by atoms with Crippen molar-refractivity contribution in [1.29, 1.82) is 0 Å². The third-order valence-electron chi connectivity index (χ3n) is 1.75. The second-order valence-corrected chi connectivity index (χ2v) is 3.42. The lowest BCUT2D eigenvalue weighted by Gasteiger charge is -2.08. The number of hydrogen-bond donors (Lipinski definition) is 1. The van der Waals surface area contributed by atoms with Crippen LogP contribution in [0.3, 0.4) is 0 Å². The fourth-order valence-electron chi connectivity index (χ4n) is 1.20. The molecule has 0 atom stereocenters. The summed E-state index contributed by atoms with van der Waals surface area (Å²) >= 11 is 0. The molecule has 4 nitrogen and oxygen atoms in total. The highest BCUT2D eigenvalue weighted by Gasteiger charge is 2.14. The number of rotatable bonds is 2. The Labute approximate surface area is 78.0 Å². The Morgan fingerprint density at radius 1 is 1.62 bits per heavy atom. The number of hydrogen-bond acceptors (Lipinski definition) is 2. The number of imidazole rings is 1. The van der Waals surface area contributed by atoms with Crippen LogP contribution in [0, 0.1) is 6.92 Å². The molecule has 1 amide bonds. The number of carbonyl (C=O) groups excluding carboxylic acids is 1. The third kappa shape index (κ3) is 2.08. The van der Waals surface area contributed by atoms with Crippen molar-refractivity contribution in [3.63, 3.8) is 0 Å². The van der Waals surface area contributed by atoms with E-state index in [9.17, 15) is 4.79 Å². The van der Waals surface area contributed by atoms with Gasteiger partial charge < -0.3 is 9.88 Å². The molecule has 0 unspecified atom stereocenters. The first-order valence-electron chi connectivity index (χ1n) is 4.31. The van der Waals surface area contributed by atoms with Crippen molar-refractivity contribution in [3.8, 4) is 0 Å². The minimum atomic E-state index is -0.0625. The second kappa shape index (κ2) is 3.60. The molecular formula is C9H15N3O. The van der Waals surface area contributed by atoms with Crippen LogP contribution in [0.4, 0.5) is 0 Å². The number of aromatic nitrogens is 2. The van der Waals surface area contributed by atoms with Gasteiger partial charge >= 0.3 is 0 Å². The number of aryl methyl sites for hydroxylation is 2. The predicted octanol–water partition coefficient (Wildman–Crippen LogP) is 0.867. The van der Waals surface area contributed by atoms with Crippen molar-refractivity contribution in [2.24, 2.45) is 7.05 Å².